The van der Waals surface area contributed by atoms with E-state index in [9.17, 15) is 9.59 Å². The third-order valence-electron chi connectivity index (χ3n) is 3.99. The number of anilines is 2. The lowest BCUT2D eigenvalue weighted by atomic mass is 10.1. The third-order valence-corrected chi connectivity index (χ3v) is 3.99. The average molecular weight is 395 g/mol. The van der Waals surface area contributed by atoms with Crippen molar-refractivity contribution < 1.29 is 14.7 Å². The van der Waals surface area contributed by atoms with Crippen LogP contribution in [0.2, 0.25) is 0 Å². The van der Waals surface area contributed by atoms with E-state index >= 15 is 0 Å². The fourth-order valence-corrected chi connectivity index (χ4v) is 2.61. The van der Waals surface area contributed by atoms with Gasteiger partial charge in [0.1, 0.15) is 0 Å². The SMILES string of the molecule is Nc1nccnc1C(=O)Nc1cnn(Cc2cccc(C(=O)NCCCO)c2)c1. The van der Waals surface area contributed by atoms with Gasteiger partial charge in [-0.2, -0.15) is 5.10 Å². The van der Waals surface area contributed by atoms with E-state index in [2.05, 4.69) is 25.7 Å². The average Bonchev–Trinajstić information content (AvgIpc) is 3.15. The maximum Gasteiger partial charge on any atom is 0.278 e. The number of aliphatic hydroxyl groups is 1. The fourth-order valence-electron chi connectivity index (χ4n) is 2.61. The number of aromatic nitrogens is 4. The highest BCUT2D eigenvalue weighted by Crippen LogP contribution is 2.12. The summed E-state index contributed by atoms with van der Waals surface area (Å²) in [5, 5.41) is 18.4. The number of carbonyl (C=O) groups is 2. The summed E-state index contributed by atoms with van der Waals surface area (Å²) in [6.07, 6.45) is 6.48. The molecule has 2 heterocycles. The second-order valence-corrected chi connectivity index (χ2v) is 6.20. The van der Waals surface area contributed by atoms with Gasteiger partial charge in [0, 0.05) is 37.3 Å². The number of nitrogens with zero attached hydrogens (tertiary/aromatic N) is 4. The standard InChI is InChI=1S/C19H21N7O3/c20-17-16(21-6-7-22-17)19(29)25-15-10-24-26(12-15)11-13-3-1-4-14(9-13)18(28)23-5-2-8-27/h1,3-4,6-7,9-10,12,27H,2,5,8,11H2,(H2,20,22)(H,23,28)(H,25,29). The van der Waals surface area contributed by atoms with E-state index in [1.165, 1.54) is 18.6 Å². The molecule has 3 rings (SSSR count). The lowest BCUT2D eigenvalue weighted by Gasteiger charge is -2.07. The first-order chi connectivity index (χ1) is 14.1. The van der Waals surface area contributed by atoms with E-state index in [-0.39, 0.29) is 24.0 Å². The van der Waals surface area contributed by atoms with Crippen LogP contribution in [0.25, 0.3) is 0 Å². The molecule has 2 aromatic heterocycles. The van der Waals surface area contributed by atoms with Crippen LogP contribution in [0.1, 0.15) is 32.8 Å². The topological polar surface area (TPSA) is 148 Å². The number of hydrogen-bond donors (Lipinski definition) is 4. The second-order valence-electron chi connectivity index (χ2n) is 6.20. The lowest BCUT2D eigenvalue weighted by molar-refractivity contribution is 0.0950. The van der Waals surface area contributed by atoms with Gasteiger partial charge in [0.2, 0.25) is 0 Å². The Kier molecular flexibility index (Phi) is 6.48. The first-order valence-corrected chi connectivity index (χ1v) is 8.95. The van der Waals surface area contributed by atoms with Crippen molar-refractivity contribution in [3.8, 4) is 0 Å². The van der Waals surface area contributed by atoms with Gasteiger partial charge in [0.15, 0.2) is 11.5 Å². The van der Waals surface area contributed by atoms with Crippen molar-refractivity contribution >= 4 is 23.3 Å². The van der Waals surface area contributed by atoms with Gasteiger partial charge in [0.05, 0.1) is 18.4 Å². The molecular formula is C19H21N7O3. The van der Waals surface area contributed by atoms with E-state index < -0.39 is 5.91 Å². The molecule has 0 saturated heterocycles. The maximum atomic E-state index is 12.2. The predicted molar refractivity (Wildman–Crippen MR) is 106 cm³/mol. The summed E-state index contributed by atoms with van der Waals surface area (Å²) in [6, 6.07) is 7.16. The largest absolute Gasteiger partial charge is 0.396 e. The summed E-state index contributed by atoms with van der Waals surface area (Å²) in [4.78, 5) is 32.1. The predicted octanol–water partition coefficient (Wildman–Crippen LogP) is 0.668. The van der Waals surface area contributed by atoms with Gasteiger partial charge in [0.25, 0.3) is 11.8 Å². The third kappa shape index (κ3) is 5.36. The number of nitrogens with two attached hydrogens (primary N) is 1. The van der Waals surface area contributed by atoms with Crippen LogP contribution in [0, 0.1) is 0 Å². The number of carbonyl (C=O) groups excluding carboxylic acids is 2. The highest BCUT2D eigenvalue weighted by Gasteiger charge is 2.13. The first-order valence-electron chi connectivity index (χ1n) is 8.95. The minimum absolute atomic E-state index is 0.0297. The molecule has 0 bridgehead atoms. The zero-order chi connectivity index (χ0) is 20.6. The Morgan fingerprint density at radius 3 is 2.79 bits per heavy atom. The van der Waals surface area contributed by atoms with Crippen molar-refractivity contribution in [3.63, 3.8) is 0 Å². The summed E-state index contributed by atoms with van der Waals surface area (Å²) < 4.78 is 1.64. The number of amides is 2. The molecule has 10 nitrogen and oxygen atoms in total. The van der Waals surface area contributed by atoms with E-state index in [1.807, 2.05) is 6.07 Å². The van der Waals surface area contributed by atoms with Crippen LogP contribution in [-0.4, -0.2) is 49.8 Å². The van der Waals surface area contributed by atoms with Gasteiger partial charge >= 0.3 is 0 Å². The van der Waals surface area contributed by atoms with Crippen LogP contribution in [-0.2, 0) is 6.54 Å². The second kappa shape index (κ2) is 9.42. The number of nitrogens with one attached hydrogen (secondary N) is 2. The van der Waals surface area contributed by atoms with Crippen LogP contribution in [0.5, 0.6) is 0 Å². The quantitative estimate of drug-likeness (QED) is 0.410. The number of nitrogen functional groups attached to an aromatic ring is 1. The number of benzene rings is 1. The van der Waals surface area contributed by atoms with Crippen molar-refractivity contribution in [2.45, 2.75) is 13.0 Å². The van der Waals surface area contributed by atoms with Gasteiger partial charge < -0.3 is 21.5 Å². The van der Waals surface area contributed by atoms with E-state index in [1.54, 1.807) is 29.1 Å². The molecular weight excluding hydrogens is 374 g/mol. The normalized spacial score (nSPS) is 10.5. The van der Waals surface area contributed by atoms with Crippen molar-refractivity contribution in [2.75, 3.05) is 24.2 Å². The number of rotatable bonds is 8. The Morgan fingerprint density at radius 1 is 1.17 bits per heavy atom. The number of aliphatic hydroxyl groups excluding tert-OH is 1. The first kappa shape index (κ1) is 20.0. The Balaban J connectivity index is 1.63. The van der Waals surface area contributed by atoms with Gasteiger partial charge in [-0.05, 0) is 24.1 Å². The van der Waals surface area contributed by atoms with Crippen LogP contribution in [0.4, 0.5) is 11.5 Å². The van der Waals surface area contributed by atoms with Crippen LogP contribution in [0.3, 0.4) is 0 Å². The molecule has 150 valence electrons. The molecule has 0 aliphatic heterocycles. The molecule has 0 spiro atoms. The van der Waals surface area contributed by atoms with Crippen molar-refractivity contribution in [3.05, 3.63) is 65.9 Å². The molecule has 3 aromatic rings. The molecule has 0 aliphatic carbocycles. The molecule has 0 unspecified atom stereocenters. The molecule has 5 N–H and O–H groups in total. The highest BCUT2D eigenvalue weighted by atomic mass is 16.3. The van der Waals surface area contributed by atoms with Crippen LogP contribution < -0.4 is 16.4 Å². The van der Waals surface area contributed by atoms with Gasteiger partial charge in [-0.3, -0.25) is 14.3 Å². The molecule has 0 atom stereocenters. The van der Waals surface area contributed by atoms with Crippen molar-refractivity contribution in [2.24, 2.45) is 0 Å². The van der Waals surface area contributed by atoms with Gasteiger partial charge in [-0.25, -0.2) is 9.97 Å². The Bertz CT molecular complexity index is 1000. The smallest absolute Gasteiger partial charge is 0.278 e. The Morgan fingerprint density at radius 2 is 2.00 bits per heavy atom. The van der Waals surface area contributed by atoms with Gasteiger partial charge in [-0.15, -0.1) is 0 Å². The van der Waals surface area contributed by atoms with Crippen LogP contribution in [0.15, 0.2) is 49.1 Å². The lowest BCUT2D eigenvalue weighted by Crippen LogP contribution is -2.25. The number of hydrogen-bond acceptors (Lipinski definition) is 7. The van der Waals surface area contributed by atoms with Crippen molar-refractivity contribution in [1.29, 1.82) is 0 Å². The molecule has 0 fully saturated rings. The molecule has 0 saturated carbocycles. The summed E-state index contributed by atoms with van der Waals surface area (Å²) in [7, 11) is 0. The van der Waals surface area contributed by atoms with E-state index in [4.69, 9.17) is 10.8 Å². The van der Waals surface area contributed by atoms with Gasteiger partial charge in [-0.1, -0.05) is 12.1 Å². The summed E-state index contributed by atoms with van der Waals surface area (Å²) >= 11 is 0. The molecule has 1 aromatic carbocycles. The zero-order valence-corrected chi connectivity index (χ0v) is 15.6. The monoisotopic (exact) mass is 395 g/mol. The minimum Gasteiger partial charge on any atom is -0.396 e. The molecule has 0 aliphatic rings. The molecule has 0 radical (unpaired) electrons. The fraction of sp³-hybridized carbons (Fsp3) is 0.211. The molecule has 10 heteroatoms. The zero-order valence-electron chi connectivity index (χ0n) is 15.6. The molecule has 29 heavy (non-hydrogen) atoms. The summed E-state index contributed by atoms with van der Waals surface area (Å²) in [6.45, 7) is 0.862. The van der Waals surface area contributed by atoms with Crippen LogP contribution >= 0.6 is 0 Å². The summed E-state index contributed by atoms with van der Waals surface area (Å²) in [5.74, 6) is -0.626. The molecule has 2 amide bonds. The maximum absolute atomic E-state index is 12.2. The minimum atomic E-state index is -0.475. The Hall–Kier alpha value is -3.79. The summed E-state index contributed by atoms with van der Waals surface area (Å²) in [5.41, 5.74) is 7.59. The Labute approximate surface area is 166 Å². The van der Waals surface area contributed by atoms with Crippen molar-refractivity contribution in [1.82, 2.24) is 25.1 Å². The van der Waals surface area contributed by atoms with E-state index in [0.717, 1.165) is 5.56 Å². The van der Waals surface area contributed by atoms with E-state index in [0.29, 0.717) is 30.8 Å². The highest BCUT2D eigenvalue weighted by molar-refractivity contribution is 6.05.